The van der Waals surface area contributed by atoms with Crippen molar-refractivity contribution in [1.29, 1.82) is 0 Å². The first-order valence-electron chi connectivity index (χ1n) is 8.78. The predicted octanol–water partition coefficient (Wildman–Crippen LogP) is 3.51. The molecule has 0 radical (unpaired) electrons. The molecule has 3 N–H and O–H groups in total. The van der Waals surface area contributed by atoms with E-state index in [1.807, 2.05) is 0 Å². The number of rotatable bonds is 10. The Morgan fingerprint density at radius 1 is 1.11 bits per heavy atom. The Morgan fingerprint density at radius 3 is 2.46 bits per heavy atom. The van der Waals surface area contributed by atoms with Crippen molar-refractivity contribution in [2.24, 2.45) is 0 Å². The fourth-order valence-electron chi connectivity index (χ4n) is 2.66. The predicted molar refractivity (Wildman–Crippen MR) is 109 cm³/mol. The number of halogens is 1. The molecular formula is C20H24BrNO6. The van der Waals surface area contributed by atoms with Crippen LogP contribution in [0.25, 0.3) is 0 Å². The molecule has 152 valence electrons. The van der Waals surface area contributed by atoms with Crippen LogP contribution in [0, 0.1) is 0 Å². The summed E-state index contributed by atoms with van der Waals surface area (Å²) < 4.78 is 17.6. The number of ether oxygens (including phenoxy) is 3. The van der Waals surface area contributed by atoms with Gasteiger partial charge in [0.15, 0.2) is 6.10 Å². The number of para-hydroxylation sites is 1. The molecule has 2 aromatic carbocycles. The highest BCUT2D eigenvalue weighted by Crippen LogP contribution is 2.33. The molecule has 0 aliphatic carbocycles. The van der Waals surface area contributed by atoms with Crippen LogP contribution in [0.2, 0.25) is 0 Å². The number of hydrogen-bond donors (Lipinski definition) is 3. The van der Waals surface area contributed by atoms with Gasteiger partial charge in [-0.25, -0.2) is 4.79 Å². The van der Waals surface area contributed by atoms with E-state index in [9.17, 15) is 9.90 Å². The van der Waals surface area contributed by atoms with Gasteiger partial charge < -0.3 is 24.4 Å². The molecule has 7 nitrogen and oxygen atoms in total. The van der Waals surface area contributed by atoms with Gasteiger partial charge in [-0.3, -0.25) is 5.32 Å². The number of anilines is 1. The molecule has 0 saturated carbocycles. The van der Waals surface area contributed by atoms with Gasteiger partial charge in [0.2, 0.25) is 0 Å². The van der Waals surface area contributed by atoms with Crippen molar-refractivity contribution in [2.75, 3.05) is 32.2 Å². The van der Waals surface area contributed by atoms with E-state index < -0.39 is 18.3 Å². The monoisotopic (exact) mass is 453 g/mol. The molecule has 28 heavy (non-hydrogen) atoms. The molecule has 0 aliphatic heterocycles. The first-order valence-corrected chi connectivity index (χ1v) is 9.57. The number of amides is 1. The molecule has 0 aromatic heterocycles. The topological polar surface area (TPSA) is 97.2 Å². The second-order valence-corrected chi connectivity index (χ2v) is 6.77. The Morgan fingerprint density at radius 2 is 1.82 bits per heavy atom. The smallest absolute Gasteiger partial charge is 0.412 e. The SMILES string of the molecule is CO[C@H](CCO)[C@H](OC(=O)Nc1ccc(Br)cc1)c1ccccc1OCCO. The van der Waals surface area contributed by atoms with Crippen molar-refractivity contribution in [3.05, 3.63) is 58.6 Å². The summed E-state index contributed by atoms with van der Waals surface area (Å²) in [5.41, 5.74) is 1.16. The molecule has 2 aromatic rings. The van der Waals surface area contributed by atoms with Crippen LogP contribution in [-0.4, -0.2) is 49.3 Å². The average molecular weight is 454 g/mol. The quantitative estimate of drug-likeness (QED) is 0.509. The van der Waals surface area contributed by atoms with Crippen LogP contribution in [0.3, 0.4) is 0 Å². The van der Waals surface area contributed by atoms with Gasteiger partial charge in [-0.15, -0.1) is 0 Å². The molecule has 2 rings (SSSR count). The number of benzene rings is 2. The Kier molecular flexibility index (Phi) is 9.22. The molecule has 0 bridgehead atoms. The summed E-state index contributed by atoms with van der Waals surface area (Å²) in [6.45, 7) is -0.174. The molecule has 0 saturated heterocycles. The number of carbonyl (C=O) groups is 1. The van der Waals surface area contributed by atoms with E-state index in [4.69, 9.17) is 19.3 Å². The Hall–Kier alpha value is -2.13. The van der Waals surface area contributed by atoms with Crippen LogP contribution in [0.5, 0.6) is 5.75 Å². The largest absolute Gasteiger partial charge is 0.491 e. The van der Waals surface area contributed by atoms with Crippen LogP contribution in [0.4, 0.5) is 10.5 Å². The van der Waals surface area contributed by atoms with Gasteiger partial charge in [0.25, 0.3) is 0 Å². The zero-order chi connectivity index (χ0) is 20.4. The van der Waals surface area contributed by atoms with E-state index in [-0.39, 0.29) is 26.2 Å². The number of hydrogen-bond acceptors (Lipinski definition) is 6. The zero-order valence-electron chi connectivity index (χ0n) is 15.5. The number of carbonyl (C=O) groups excluding carboxylic acids is 1. The maximum absolute atomic E-state index is 12.5. The fourth-order valence-corrected chi connectivity index (χ4v) is 2.92. The van der Waals surface area contributed by atoms with E-state index >= 15 is 0 Å². The van der Waals surface area contributed by atoms with Gasteiger partial charge in [0, 0.05) is 35.9 Å². The molecule has 0 spiro atoms. The lowest BCUT2D eigenvalue weighted by Crippen LogP contribution is -2.29. The zero-order valence-corrected chi connectivity index (χ0v) is 17.1. The van der Waals surface area contributed by atoms with E-state index in [2.05, 4.69) is 21.2 Å². The third-order valence-electron chi connectivity index (χ3n) is 3.95. The van der Waals surface area contributed by atoms with Crippen LogP contribution in [0.15, 0.2) is 53.0 Å². The molecule has 1 amide bonds. The molecule has 0 fully saturated rings. The fraction of sp³-hybridized carbons (Fsp3) is 0.350. The summed E-state index contributed by atoms with van der Waals surface area (Å²) in [6, 6.07) is 14.1. The lowest BCUT2D eigenvalue weighted by atomic mass is 10.0. The highest BCUT2D eigenvalue weighted by molar-refractivity contribution is 9.10. The summed E-state index contributed by atoms with van der Waals surface area (Å²) in [4.78, 5) is 12.5. The third kappa shape index (κ3) is 6.49. The molecular weight excluding hydrogens is 430 g/mol. The summed E-state index contributed by atoms with van der Waals surface area (Å²) in [6.07, 6.45) is -1.80. The number of aliphatic hydroxyl groups excluding tert-OH is 2. The van der Waals surface area contributed by atoms with E-state index in [0.717, 1.165) is 4.47 Å². The molecule has 0 heterocycles. The minimum Gasteiger partial charge on any atom is -0.491 e. The van der Waals surface area contributed by atoms with Crippen molar-refractivity contribution < 1.29 is 29.2 Å². The van der Waals surface area contributed by atoms with E-state index in [1.54, 1.807) is 48.5 Å². The second-order valence-electron chi connectivity index (χ2n) is 5.85. The van der Waals surface area contributed by atoms with Crippen LogP contribution in [-0.2, 0) is 9.47 Å². The van der Waals surface area contributed by atoms with Crippen molar-refractivity contribution in [1.82, 2.24) is 0 Å². The van der Waals surface area contributed by atoms with Gasteiger partial charge in [-0.2, -0.15) is 0 Å². The molecule has 0 aliphatic rings. The second kappa shape index (κ2) is 11.7. The van der Waals surface area contributed by atoms with Gasteiger partial charge in [0.1, 0.15) is 18.5 Å². The van der Waals surface area contributed by atoms with Gasteiger partial charge in [-0.1, -0.05) is 34.1 Å². The maximum atomic E-state index is 12.5. The first-order chi connectivity index (χ1) is 13.6. The highest BCUT2D eigenvalue weighted by atomic mass is 79.9. The number of methoxy groups -OCH3 is 1. The first kappa shape index (κ1) is 22.2. The van der Waals surface area contributed by atoms with Crippen LogP contribution >= 0.6 is 15.9 Å². The van der Waals surface area contributed by atoms with E-state index in [1.165, 1.54) is 7.11 Å². The summed E-state index contributed by atoms with van der Waals surface area (Å²) >= 11 is 3.34. The lowest BCUT2D eigenvalue weighted by molar-refractivity contribution is -0.0316. The summed E-state index contributed by atoms with van der Waals surface area (Å²) in [5, 5.41) is 21.1. The minimum atomic E-state index is -0.817. The highest BCUT2D eigenvalue weighted by Gasteiger charge is 2.29. The van der Waals surface area contributed by atoms with Crippen molar-refractivity contribution in [3.63, 3.8) is 0 Å². The van der Waals surface area contributed by atoms with Crippen LogP contribution < -0.4 is 10.1 Å². The normalized spacial score (nSPS) is 12.9. The van der Waals surface area contributed by atoms with E-state index in [0.29, 0.717) is 17.0 Å². The minimum absolute atomic E-state index is 0.104. The molecule has 8 heteroatoms. The number of aliphatic hydroxyl groups is 2. The van der Waals surface area contributed by atoms with Crippen molar-refractivity contribution in [2.45, 2.75) is 18.6 Å². The average Bonchev–Trinajstić information content (AvgIpc) is 2.71. The Balaban J connectivity index is 2.24. The standard InChI is InChI=1S/C20H24BrNO6/c1-26-18(10-11-23)19(16-4-2-3-5-17(16)27-13-12-24)28-20(25)22-15-8-6-14(21)7-9-15/h2-9,18-19,23-24H,10-13H2,1H3,(H,22,25)/t18-,19-/m1/s1. The third-order valence-corrected chi connectivity index (χ3v) is 4.48. The van der Waals surface area contributed by atoms with Gasteiger partial charge in [-0.05, 0) is 30.3 Å². The molecule has 2 atom stereocenters. The Labute approximate surface area is 172 Å². The van der Waals surface area contributed by atoms with Gasteiger partial charge >= 0.3 is 6.09 Å². The van der Waals surface area contributed by atoms with Crippen molar-refractivity contribution in [3.8, 4) is 5.75 Å². The van der Waals surface area contributed by atoms with Crippen LogP contribution in [0.1, 0.15) is 18.1 Å². The van der Waals surface area contributed by atoms with Gasteiger partial charge in [0.05, 0.1) is 6.61 Å². The molecule has 0 unspecified atom stereocenters. The maximum Gasteiger partial charge on any atom is 0.412 e. The van der Waals surface area contributed by atoms with Crippen molar-refractivity contribution >= 4 is 27.7 Å². The number of nitrogens with one attached hydrogen (secondary N) is 1. The summed E-state index contributed by atoms with van der Waals surface area (Å²) in [7, 11) is 1.49. The summed E-state index contributed by atoms with van der Waals surface area (Å²) in [5.74, 6) is 0.470. The Bertz CT molecular complexity index is 740. The lowest BCUT2D eigenvalue weighted by Gasteiger charge is -2.27.